The number of carbonyl (C=O) groups is 1. The van der Waals surface area contributed by atoms with E-state index >= 15 is 0 Å². The maximum absolute atomic E-state index is 13.4. The van der Waals surface area contributed by atoms with Crippen LogP contribution in [0.1, 0.15) is 21.8 Å². The topological polar surface area (TPSA) is 109 Å². The van der Waals surface area contributed by atoms with Gasteiger partial charge >= 0.3 is 5.69 Å². The Balaban J connectivity index is 1.52. The van der Waals surface area contributed by atoms with Gasteiger partial charge in [0.25, 0.3) is 5.56 Å². The Morgan fingerprint density at radius 3 is 2.39 bits per heavy atom. The minimum Gasteiger partial charge on any atom is -0.497 e. The van der Waals surface area contributed by atoms with Gasteiger partial charge < -0.3 is 9.26 Å². The predicted octanol–water partition coefficient (Wildman–Crippen LogP) is 3.46. The van der Waals surface area contributed by atoms with Crippen molar-refractivity contribution in [2.24, 2.45) is 0 Å². The second-order valence-corrected chi connectivity index (χ2v) is 8.31. The molecule has 180 valence electrons. The van der Waals surface area contributed by atoms with Crippen LogP contribution in [0.5, 0.6) is 5.75 Å². The third-order valence-electron chi connectivity index (χ3n) is 5.92. The molecule has 0 saturated carbocycles. The Bertz CT molecular complexity index is 1680. The first kappa shape index (κ1) is 23.0. The van der Waals surface area contributed by atoms with Gasteiger partial charge in [-0.05, 0) is 43.3 Å². The average Bonchev–Trinajstić information content (AvgIpc) is 3.38. The van der Waals surface area contributed by atoms with Crippen molar-refractivity contribution in [3.8, 4) is 17.1 Å². The zero-order chi connectivity index (χ0) is 25.2. The van der Waals surface area contributed by atoms with Crippen molar-refractivity contribution in [3.05, 3.63) is 111 Å². The van der Waals surface area contributed by atoms with Gasteiger partial charge in [-0.25, -0.2) is 4.79 Å². The Morgan fingerprint density at radius 1 is 0.944 bits per heavy atom. The van der Waals surface area contributed by atoms with E-state index in [4.69, 9.17) is 9.26 Å². The second kappa shape index (κ2) is 9.46. The van der Waals surface area contributed by atoms with Gasteiger partial charge in [0.2, 0.25) is 11.7 Å². The van der Waals surface area contributed by atoms with Crippen LogP contribution in [0.25, 0.3) is 22.3 Å². The lowest BCUT2D eigenvalue weighted by atomic mass is 10.1. The first-order valence-corrected chi connectivity index (χ1v) is 11.2. The van der Waals surface area contributed by atoms with E-state index in [9.17, 15) is 14.4 Å². The average molecular weight is 482 g/mol. The number of para-hydroxylation sites is 1. The van der Waals surface area contributed by atoms with Gasteiger partial charge in [0.05, 0.1) is 24.6 Å². The number of ketones is 1. The molecule has 0 unspecified atom stereocenters. The fourth-order valence-corrected chi connectivity index (χ4v) is 3.95. The zero-order valence-corrected chi connectivity index (χ0v) is 19.7. The van der Waals surface area contributed by atoms with Gasteiger partial charge in [0, 0.05) is 11.1 Å². The van der Waals surface area contributed by atoms with Gasteiger partial charge in [0.1, 0.15) is 12.3 Å². The molecule has 3 aromatic carbocycles. The fourth-order valence-electron chi connectivity index (χ4n) is 3.95. The number of fused-ring (bicyclic) bond motifs is 1. The Morgan fingerprint density at radius 2 is 1.67 bits per heavy atom. The molecule has 9 nitrogen and oxygen atoms in total. The van der Waals surface area contributed by atoms with Crippen LogP contribution in [0, 0.1) is 6.92 Å². The number of nitrogens with zero attached hydrogens (tertiary/aromatic N) is 4. The molecule has 0 aliphatic rings. The van der Waals surface area contributed by atoms with Gasteiger partial charge in [-0.3, -0.25) is 18.7 Å². The number of hydrogen-bond acceptors (Lipinski definition) is 7. The zero-order valence-electron chi connectivity index (χ0n) is 19.7. The van der Waals surface area contributed by atoms with Crippen molar-refractivity contribution in [2.45, 2.75) is 20.0 Å². The number of aryl methyl sites for hydroxylation is 1. The van der Waals surface area contributed by atoms with Crippen LogP contribution in [-0.2, 0) is 13.1 Å². The molecule has 0 aliphatic heterocycles. The van der Waals surface area contributed by atoms with E-state index in [1.54, 1.807) is 67.8 Å². The second-order valence-electron chi connectivity index (χ2n) is 8.31. The van der Waals surface area contributed by atoms with Crippen molar-refractivity contribution in [2.75, 3.05) is 7.11 Å². The summed E-state index contributed by atoms with van der Waals surface area (Å²) in [7, 11) is 1.57. The van der Waals surface area contributed by atoms with Gasteiger partial charge in [-0.15, -0.1) is 0 Å². The van der Waals surface area contributed by atoms with Crippen molar-refractivity contribution < 1.29 is 14.1 Å². The highest BCUT2D eigenvalue weighted by atomic mass is 16.5. The molecule has 0 amide bonds. The van der Waals surface area contributed by atoms with Crippen LogP contribution in [0.4, 0.5) is 0 Å². The molecule has 5 rings (SSSR count). The van der Waals surface area contributed by atoms with Gasteiger partial charge in [-0.1, -0.05) is 47.1 Å². The minimum absolute atomic E-state index is 0.0895. The summed E-state index contributed by atoms with van der Waals surface area (Å²) in [6.07, 6.45) is 0. The van der Waals surface area contributed by atoms with E-state index < -0.39 is 11.2 Å². The van der Waals surface area contributed by atoms with E-state index in [0.717, 1.165) is 10.1 Å². The van der Waals surface area contributed by atoms with Crippen LogP contribution in [0.15, 0.2) is 86.9 Å². The van der Waals surface area contributed by atoms with Crippen LogP contribution < -0.4 is 16.0 Å². The summed E-state index contributed by atoms with van der Waals surface area (Å²) in [5.41, 5.74) is 1.44. The number of ether oxygens (including phenoxy) is 1. The molecule has 0 spiro atoms. The van der Waals surface area contributed by atoms with E-state index in [1.807, 2.05) is 19.1 Å². The summed E-state index contributed by atoms with van der Waals surface area (Å²) < 4.78 is 12.8. The third-order valence-corrected chi connectivity index (χ3v) is 5.92. The number of aromatic nitrogens is 4. The van der Waals surface area contributed by atoms with Crippen molar-refractivity contribution in [1.29, 1.82) is 0 Å². The van der Waals surface area contributed by atoms with Crippen molar-refractivity contribution >= 4 is 16.7 Å². The maximum Gasteiger partial charge on any atom is 0.332 e. The summed E-state index contributed by atoms with van der Waals surface area (Å²) in [5.74, 6) is 0.848. The molecule has 0 fully saturated rings. The van der Waals surface area contributed by atoms with Crippen LogP contribution in [0.3, 0.4) is 0 Å². The van der Waals surface area contributed by atoms with E-state index in [0.29, 0.717) is 33.6 Å². The summed E-state index contributed by atoms with van der Waals surface area (Å²) in [6.45, 7) is 1.48. The SMILES string of the molecule is COc1ccc(-c2noc(Cn3c(=O)c4ccccc4n(CC(=O)c4ccc(C)cc4)c3=O)n2)cc1. The van der Waals surface area contributed by atoms with Crippen molar-refractivity contribution in [1.82, 2.24) is 19.3 Å². The summed E-state index contributed by atoms with van der Waals surface area (Å²) in [4.78, 5) is 44.0. The Kier molecular flexibility index (Phi) is 6.03. The van der Waals surface area contributed by atoms with Crippen LogP contribution in [0.2, 0.25) is 0 Å². The normalized spacial score (nSPS) is 11.1. The molecule has 0 aliphatic carbocycles. The number of hydrogen-bond donors (Lipinski definition) is 0. The highest BCUT2D eigenvalue weighted by molar-refractivity contribution is 5.96. The van der Waals surface area contributed by atoms with E-state index in [-0.39, 0.29) is 24.8 Å². The lowest BCUT2D eigenvalue weighted by Gasteiger charge is -2.13. The monoisotopic (exact) mass is 482 g/mol. The Hall–Kier alpha value is -4.79. The molecule has 2 aromatic heterocycles. The minimum atomic E-state index is -0.636. The van der Waals surface area contributed by atoms with Crippen LogP contribution >= 0.6 is 0 Å². The molecule has 0 atom stereocenters. The number of Topliss-reactive ketones (excluding diaryl/α,β-unsaturated/α-hetero) is 1. The molecular formula is C27H22N4O5. The molecule has 36 heavy (non-hydrogen) atoms. The number of rotatable bonds is 7. The maximum atomic E-state index is 13.4. The first-order chi connectivity index (χ1) is 17.4. The lowest BCUT2D eigenvalue weighted by Crippen LogP contribution is -2.41. The Labute approximate surface area is 205 Å². The fraction of sp³-hybridized carbons (Fsp3) is 0.148. The highest BCUT2D eigenvalue weighted by Crippen LogP contribution is 2.20. The number of carbonyl (C=O) groups excluding carboxylic acids is 1. The van der Waals surface area contributed by atoms with Gasteiger partial charge in [0.15, 0.2) is 5.78 Å². The molecule has 0 saturated heterocycles. The van der Waals surface area contributed by atoms with Gasteiger partial charge in [-0.2, -0.15) is 4.98 Å². The molecule has 9 heteroatoms. The predicted molar refractivity (Wildman–Crippen MR) is 133 cm³/mol. The third kappa shape index (κ3) is 4.34. The largest absolute Gasteiger partial charge is 0.497 e. The van der Waals surface area contributed by atoms with E-state index in [1.165, 1.54) is 4.57 Å². The molecule has 5 aromatic rings. The number of methoxy groups -OCH3 is 1. The first-order valence-electron chi connectivity index (χ1n) is 11.2. The number of benzene rings is 3. The van der Waals surface area contributed by atoms with Crippen molar-refractivity contribution in [3.63, 3.8) is 0 Å². The lowest BCUT2D eigenvalue weighted by molar-refractivity contribution is 0.0971. The molecule has 0 radical (unpaired) electrons. The molecule has 0 bridgehead atoms. The molecule has 0 N–H and O–H groups in total. The smallest absolute Gasteiger partial charge is 0.332 e. The molecular weight excluding hydrogens is 460 g/mol. The van der Waals surface area contributed by atoms with Crippen LogP contribution in [-0.4, -0.2) is 32.2 Å². The summed E-state index contributed by atoms with van der Waals surface area (Å²) in [6, 6.07) is 20.9. The summed E-state index contributed by atoms with van der Waals surface area (Å²) >= 11 is 0. The molecule has 2 heterocycles. The summed E-state index contributed by atoms with van der Waals surface area (Å²) in [5, 5.41) is 4.28. The standard InChI is InChI=1S/C27H22N4O5/c1-17-7-9-18(10-8-17)23(32)15-30-22-6-4-3-5-21(22)26(33)31(27(30)34)16-24-28-25(29-36-24)19-11-13-20(35-2)14-12-19/h3-14H,15-16H2,1-2H3. The quantitative estimate of drug-likeness (QED) is 0.327. The highest BCUT2D eigenvalue weighted by Gasteiger charge is 2.18. The van der Waals surface area contributed by atoms with E-state index in [2.05, 4.69) is 10.1 Å².